The normalized spacial score (nSPS) is 13.4. The van der Waals surface area contributed by atoms with Crippen molar-refractivity contribution in [1.29, 1.82) is 16.1 Å². The van der Waals surface area contributed by atoms with Gasteiger partial charge in [-0.3, -0.25) is 5.41 Å². The van der Waals surface area contributed by atoms with Crippen molar-refractivity contribution in [3.63, 3.8) is 0 Å². The number of fused-ring (bicyclic) bond motifs is 1. The minimum atomic E-state index is -3.57. The molecule has 1 aromatic carbocycles. The van der Waals surface area contributed by atoms with Gasteiger partial charge in [-0.2, -0.15) is 14.0 Å². The molecule has 7 nitrogen and oxygen atoms in total. The van der Waals surface area contributed by atoms with Crippen LogP contribution in [-0.4, -0.2) is 28.9 Å². The van der Waals surface area contributed by atoms with Crippen molar-refractivity contribution in [3.8, 4) is 6.07 Å². The van der Waals surface area contributed by atoms with Gasteiger partial charge in [-0.15, -0.1) is 0 Å². The van der Waals surface area contributed by atoms with E-state index in [0.717, 1.165) is 11.8 Å². The molecule has 3 rings (SSSR count). The number of nitrogens with two attached hydrogens (primary N) is 1. The van der Waals surface area contributed by atoms with Crippen LogP contribution in [0.15, 0.2) is 59.7 Å². The van der Waals surface area contributed by atoms with Crippen LogP contribution in [0.3, 0.4) is 0 Å². The number of alkyl halides is 2. The molecule has 0 saturated heterocycles. The highest BCUT2D eigenvalue weighted by Crippen LogP contribution is 2.32. The van der Waals surface area contributed by atoms with E-state index in [2.05, 4.69) is 15.3 Å². The van der Waals surface area contributed by atoms with Gasteiger partial charge in [0.05, 0.1) is 5.71 Å². The molecule has 150 valence electrons. The fourth-order valence-corrected chi connectivity index (χ4v) is 2.71. The third-order valence-electron chi connectivity index (χ3n) is 4.28. The van der Waals surface area contributed by atoms with Gasteiger partial charge in [0.1, 0.15) is 17.6 Å². The van der Waals surface area contributed by atoms with Crippen LogP contribution >= 0.6 is 0 Å². The lowest BCUT2D eigenvalue weighted by molar-refractivity contribution is 0.0746. The van der Waals surface area contributed by atoms with E-state index in [1.807, 2.05) is 12.1 Å². The number of allylic oxidation sites excluding steroid dienone is 1. The number of amidine groups is 2. The van der Waals surface area contributed by atoms with Crippen molar-refractivity contribution in [2.45, 2.75) is 5.92 Å². The highest BCUT2D eigenvalue weighted by molar-refractivity contribution is 6.11. The number of hydrogen-bond acceptors (Lipinski definition) is 5. The Morgan fingerprint density at radius 3 is 2.83 bits per heavy atom. The average Bonchev–Trinajstić information content (AvgIpc) is 2.77. The maximum Gasteiger partial charge on any atom is 0.329 e. The van der Waals surface area contributed by atoms with Gasteiger partial charge in [-0.25, -0.2) is 9.98 Å². The highest BCUT2D eigenvalue weighted by Gasteiger charge is 2.37. The van der Waals surface area contributed by atoms with Crippen LogP contribution in [0, 0.1) is 22.1 Å². The molecular formula is C21H17F2N7. The van der Waals surface area contributed by atoms with E-state index < -0.39 is 17.6 Å². The first-order valence-electron chi connectivity index (χ1n) is 8.80. The molecular weight excluding hydrogens is 388 g/mol. The lowest BCUT2D eigenvalue weighted by Crippen LogP contribution is -2.34. The van der Waals surface area contributed by atoms with Crippen LogP contribution in [0.5, 0.6) is 0 Å². The lowest BCUT2D eigenvalue weighted by atomic mass is 10.0. The standard InChI is InChI=1S/C21H17F2N7/c22-21(23,15-3-5-18-14(10-15)2-1-8-29-18)20(27)30-19(26)6-4-17(25)13-7-9-28-16(11-13)12-24/h1-7,9-11,25,29H,8H2,(H3,26,27,30)/b6-4-,25-17?. The SMILES string of the molecule is N#Cc1cc(C(=N)/C=C\C(=N)N=C(N)C(F)(F)c2ccc3c(c2)C=CCN3)ccn1. The van der Waals surface area contributed by atoms with Gasteiger partial charge in [0.25, 0.3) is 0 Å². The number of hydrogen-bond donors (Lipinski definition) is 4. The van der Waals surface area contributed by atoms with Gasteiger partial charge < -0.3 is 16.5 Å². The van der Waals surface area contributed by atoms with E-state index in [1.165, 1.54) is 36.5 Å². The van der Waals surface area contributed by atoms with Gasteiger partial charge in [0, 0.05) is 29.6 Å². The topological polar surface area (TPSA) is 135 Å². The summed E-state index contributed by atoms with van der Waals surface area (Å²) in [6, 6.07) is 8.92. The third-order valence-corrected chi connectivity index (χ3v) is 4.28. The van der Waals surface area contributed by atoms with Crippen LogP contribution in [0.2, 0.25) is 0 Å². The summed E-state index contributed by atoms with van der Waals surface area (Å²) in [5.74, 6) is -5.13. The number of nitriles is 1. The summed E-state index contributed by atoms with van der Waals surface area (Å²) in [5.41, 5.74) is 7.03. The van der Waals surface area contributed by atoms with Crippen LogP contribution in [-0.2, 0) is 5.92 Å². The Balaban J connectivity index is 1.76. The number of halogens is 2. The molecule has 0 atom stereocenters. The summed E-state index contributed by atoms with van der Waals surface area (Å²) in [7, 11) is 0. The molecule has 1 aliphatic rings. The summed E-state index contributed by atoms with van der Waals surface area (Å²) in [4.78, 5) is 7.29. The van der Waals surface area contributed by atoms with Gasteiger partial charge >= 0.3 is 5.92 Å². The van der Waals surface area contributed by atoms with Gasteiger partial charge in [-0.1, -0.05) is 18.2 Å². The summed E-state index contributed by atoms with van der Waals surface area (Å²) >= 11 is 0. The van der Waals surface area contributed by atoms with E-state index >= 15 is 0 Å². The number of anilines is 1. The first-order chi connectivity index (χ1) is 14.3. The molecule has 0 radical (unpaired) electrons. The van der Waals surface area contributed by atoms with E-state index in [4.69, 9.17) is 21.8 Å². The number of nitrogens with one attached hydrogen (secondary N) is 3. The molecule has 0 saturated carbocycles. The smallest absolute Gasteiger partial charge is 0.329 e. The van der Waals surface area contributed by atoms with Crippen LogP contribution in [0.4, 0.5) is 14.5 Å². The largest absolute Gasteiger partial charge is 0.382 e. The Labute approximate surface area is 171 Å². The van der Waals surface area contributed by atoms with E-state index in [0.29, 0.717) is 17.7 Å². The number of rotatable bonds is 5. The number of aromatic nitrogens is 1. The fraction of sp³-hybridized carbons (Fsp3) is 0.0952. The second kappa shape index (κ2) is 8.45. The maximum atomic E-state index is 14.7. The number of aliphatic imine (C=N–C) groups is 1. The molecule has 0 amide bonds. The summed E-state index contributed by atoms with van der Waals surface area (Å²) in [6.07, 6.45) is 7.23. The molecule has 0 fully saturated rings. The van der Waals surface area contributed by atoms with Crippen molar-refractivity contribution in [2.24, 2.45) is 10.7 Å². The predicted molar refractivity (Wildman–Crippen MR) is 112 cm³/mol. The zero-order valence-electron chi connectivity index (χ0n) is 15.7. The van der Waals surface area contributed by atoms with E-state index in [1.54, 1.807) is 12.1 Å². The first-order valence-corrected chi connectivity index (χ1v) is 8.80. The molecule has 0 bridgehead atoms. The zero-order chi connectivity index (χ0) is 21.7. The first kappa shape index (κ1) is 20.5. The highest BCUT2D eigenvalue weighted by atomic mass is 19.3. The number of nitrogens with zero attached hydrogens (tertiary/aromatic N) is 3. The van der Waals surface area contributed by atoms with Crippen molar-refractivity contribution in [3.05, 3.63) is 77.1 Å². The number of pyridine rings is 1. The molecule has 5 N–H and O–H groups in total. The molecule has 1 aliphatic heterocycles. The van der Waals surface area contributed by atoms with Crippen LogP contribution in [0.1, 0.15) is 22.4 Å². The molecule has 2 aromatic rings. The molecule has 30 heavy (non-hydrogen) atoms. The minimum absolute atomic E-state index is 0.0341. The molecule has 0 aliphatic carbocycles. The quantitative estimate of drug-likeness (QED) is 0.448. The van der Waals surface area contributed by atoms with Gasteiger partial charge in [-0.05, 0) is 42.0 Å². The monoisotopic (exact) mass is 405 g/mol. The maximum absolute atomic E-state index is 14.7. The average molecular weight is 405 g/mol. The van der Waals surface area contributed by atoms with Crippen molar-refractivity contribution in [1.82, 2.24) is 4.98 Å². The van der Waals surface area contributed by atoms with E-state index in [-0.39, 0.29) is 17.0 Å². The molecule has 9 heteroatoms. The fourth-order valence-electron chi connectivity index (χ4n) is 2.71. The molecule has 0 unspecified atom stereocenters. The summed E-state index contributed by atoms with van der Waals surface area (Å²) in [5, 5.41) is 27.7. The second-order valence-electron chi connectivity index (χ2n) is 6.33. The summed E-state index contributed by atoms with van der Waals surface area (Å²) in [6.45, 7) is 0.627. The molecule has 0 spiro atoms. The van der Waals surface area contributed by atoms with Crippen molar-refractivity contribution >= 4 is 29.1 Å². The zero-order valence-corrected chi connectivity index (χ0v) is 15.7. The Morgan fingerprint density at radius 2 is 2.07 bits per heavy atom. The Hall–Kier alpha value is -4.19. The third kappa shape index (κ3) is 4.44. The minimum Gasteiger partial charge on any atom is -0.382 e. The van der Waals surface area contributed by atoms with Crippen molar-refractivity contribution in [2.75, 3.05) is 11.9 Å². The summed E-state index contributed by atoms with van der Waals surface area (Å²) < 4.78 is 29.5. The second-order valence-corrected chi connectivity index (χ2v) is 6.33. The Kier molecular flexibility index (Phi) is 5.78. The predicted octanol–water partition coefficient (Wildman–Crippen LogP) is 3.44. The molecule has 2 heterocycles. The Morgan fingerprint density at radius 1 is 1.27 bits per heavy atom. The van der Waals surface area contributed by atoms with Crippen LogP contribution < -0.4 is 11.1 Å². The van der Waals surface area contributed by atoms with Gasteiger partial charge in [0.15, 0.2) is 5.84 Å². The Bertz CT molecular complexity index is 1140. The molecule has 1 aromatic heterocycles. The lowest BCUT2D eigenvalue weighted by Gasteiger charge is -2.19. The van der Waals surface area contributed by atoms with Gasteiger partial charge in [0.2, 0.25) is 0 Å². The van der Waals surface area contributed by atoms with Crippen LogP contribution in [0.25, 0.3) is 6.08 Å². The van der Waals surface area contributed by atoms with Crippen molar-refractivity contribution < 1.29 is 8.78 Å². The number of benzene rings is 1. The van der Waals surface area contributed by atoms with E-state index in [9.17, 15) is 8.78 Å².